The number of aromatic amines is 2. The summed E-state index contributed by atoms with van der Waals surface area (Å²) in [6, 6.07) is 19.1. The van der Waals surface area contributed by atoms with Gasteiger partial charge in [-0.3, -0.25) is 19.9 Å². The monoisotopic (exact) mass is 613 g/mol. The fraction of sp³-hybridized carbons (Fsp3) is 0.118. The molecule has 0 aliphatic heterocycles. The average molecular weight is 614 g/mol. The predicted molar refractivity (Wildman–Crippen MR) is 174 cm³/mol. The van der Waals surface area contributed by atoms with Gasteiger partial charge in [0.15, 0.2) is 11.5 Å². The zero-order valence-corrected chi connectivity index (χ0v) is 25.0. The topological polar surface area (TPSA) is 138 Å². The Morgan fingerprint density at radius 3 is 2.70 bits per heavy atom. The van der Waals surface area contributed by atoms with Crippen molar-refractivity contribution in [1.29, 1.82) is 0 Å². The number of anilines is 1. The van der Waals surface area contributed by atoms with E-state index in [-0.39, 0.29) is 5.91 Å². The number of carbonyl (C=O) groups is 1. The number of hydrogen-bond acceptors (Lipinski definition) is 8. The lowest BCUT2D eigenvalue weighted by molar-refractivity contribution is 0.102. The third-order valence-corrected chi connectivity index (χ3v) is 7.37. The van der Waals surface area contributed by atoms with E-state index < -0.39 is 5.82 Å². The van der Waals surface area contributed by atoms with Crippen LogP contribution in [-0.2, 0) is 0 Å². The third-order valence-electron chi connectivity index (χ3n) is 7.37. The Bertz CT molecular complexity index is 2190. The van der Waals surface area contributed by atoms with E-state index in [9.17, 15) is 9.18 Å². The molecular formula is C34H28FN9O2. The summed E-state index contributed by atoms with van der Waals surface area (Å²) in [6.07, 6.45) is 6.61. The second-order valence-corrected chi connectivity index (χ2v) is 10.9. The van der Waals surface area contributed by atoms with Gasteiger partial charge in [0.25, 0.3) is 5.91 Å². The molecule has 7 aromatic rings. The molecule has 0 radical (unpaired) electrons. The van der Waals surface area contributed by atoms with Crippen LogP contribution < -0.4 is 10.1 Å². The van der Waals surface area contributed by atoms with Crippen molar-refractivity contribution in [3.8, 4) is 39.7 Å². The molecule has 0 atom stereocenters. The van der Waals surface area contributed by atoms with Gasteiger partial charge in [0, 0.05) is 47.1 Å². The van der Waals surface area contributed by atoms with Gasteiger partial charge in [0.05, 0.1) is 29.3 Å². The number of ether oxygens (including phenoxy) is 1. The van der Waals surface area contributed by atoms with Crippen LogP contribution in [-0.4, -0.2) is 73.2 Å². The van der Waals surface area contributed by atoms with Crippen LogP contribution in [0.1, 0.15) is 10.4 Å². The summed E-state index contributed by atoms with van der Waals surface area (Å²) in [5, 5.41) is 11.2. The van der Waals surface area contributed by atoms with Crippen LogP contribution in [0.15, 0.2) is 91.5 Å². The molecule has 0 saturated heterocycles. The lowest BCUT2D eigenvalue weighted by Gasteiger charge is -2.12. The molecule has 11 nitrogen and oxygen atoms in total. The van der Waals surface area contributed by atoms with Crippen molar-refractivity contribution in [2.75, 3.05) is 32.6 Å². The number of amides is 1. The van der Waals surface area contributed by atoms with Crippen LogP contribution in [0.4, 0.5) is 10.1 Å². The summed E-state index contributed by atoms with van der Waals surface area (Å²) in [4.78, 5) is 36.2. The van der Waals surface area contributed by atoms with Crippen molar-refractivity contribution in [3.05, 3.63) is 103 Å². The number of H-pyrrole nitrogens is 2. The molecule has 0 fully saturated rings. The van der Waals surface area contributed by atoms with E-state index in [0.717, 1.165) is 5.39 Å². The first kappa shape index (κ1) is 28.7. The van der Waals surface area contributed by atoms with E-state index in [4.69, 9.17) is 9.72 Å². The first-order valence-corrected chi connectivity index (χ1v) is 14.5. The summed E-state index contributed by atoms with van der Waals surface area (Å²) < 4.78 is 20.5. The number of carbonyl (C=O) groups excluding carboxylic acids is 1. The quantitative estimate of drug-likeness (QED) is 0.181. The first-order chi connectivity index (χ1) is 22.4. The van der Waals surface area contributed by atoms with E-state index in [1.807, 2.05) is 49.3 Å². The average Bonchev–Trinajstić information content (AvgIpc) is 3.69. The predicted octanol–water partition coefficient (Wildman–Crippen LogP) is 5.96. The maximum Gasteiger partial charge on any atom is 0.255 e. The number of nitrogens with one attached hydrogen (secondary N) is 3. The summed E-state index contributed by atoms with van der Waals surface area (Å²) in [6.45, 7) is 1.13. The van der Waals surface area contributed by atoms with Crippen LogP contribution in [0.5, 0.6) is 5.75 Å². The second kappa shape index (κ2) is 12.2. The first-order valence-electron chi connectivity index (χ1n) is 14.5. The highest BCUT2D eigenvalue weighted by molar-refractivity contribution is 6.04. The number of rotatable bonds is 9. The van der Waals surface area contributed by atoms with Crippen molar-refractivity contribution in [2.45, 2.75) is 0 Å². The van der Waals surface area contributed by atoms with Gasteiger partial charge >= 0.3 is 0 Å². The molecule has 228 valence electrons. The van der Waals surface area contributed by atoms with E-state index in [1.165, 1.54) is 12.1 Å². The fourth-order valence-corrected chi connectivity index (χ4v) is 5.10. The molecular weight excluding hydrogens is 585 g/mol. The Hall–Kier alpha value is -6.01. The number of benzene rings is 2. The molecule has 1 amide bonds. The van der Waals surface area contributed by atoms with Gasteiger partial charge in [-0.25, -0.2) is 14.4 Å². The number of pyridine rings is 3. The summed E-state index contributed by atoms with van der Waals surface area (Å²) in [7, 11) is 3.90. The number of nitrogens with zero attached hydrogens (tertiary/aromatic N) is 6. The standard InChI is InChI=1S/C34H28FN9O2/c1-44(2)10-11-46-25-14-21(12-23(35)15-25)26-8-9-37-32-30(26)40-33(41-32)31-27-16-28(38-19-29(27)42-43-31)22-13-24(18-36-17-22)39-34(45)20-6-4-3-5-7-20/h3-9,12-19H,10-11H2,1-2H3,(H,39,45)(H,42,43)(H,37,40,41). The molecule has 46 heavy (non-hydrogen) atoms. The molecule has 0 bridgehead atoms. The molecule has 3 N–H and O–H groups in total. The Labute approximate surface area is 262 Å². The highest BCUT2D eigenvalue weighted by Crippen LogP contribution is 2.33. The molecule has 0 saturated carbocycles. The van der Waals surface area contributed by atoms with Gasteiger partial charge in [-0.1, -0.05) is 18.2 Å². The molecule has 2 aromatic carbocycles. The highest BCUT2D eigenvalue weighted by atomic mass is 19.1. The highest BCUT2D eigenvalue weighted by Gasteiger charge is 2.18. The SMILES string of the molecule is CN(C)CCOc1cc(F)cc(-c2ccnc3[nH]c(-c4n[nH]c5cnc(-c6cncc(NC(=O)c7ccccc7)c6)cc45)nc23)c1. The van der Waals surface area contributed by atoms with Crippen LogP contribution >= 0.6 is 0 Å². The Morgan fingerprint density at radius 1 is 0.978 bits per heavy atom. The van der Waals surface area contributed by atoms with Crippen LogP contribution in [0, 0.1) is 5.82 Å². The summed E-state index contributed by atoms with van der Waals surface area (Å²) >= 11 is 0. The summed E-state index contributed by atoms with van der Waals surface area (Å²) in [5.41, 5.74) is 6.13. The van der Waals surface area contributed by atoms with E-state index in [2.05, 4.69) is 35.5 Å². The van der Waals surface area contributed by atoms with Crippen molar-refractivity contribution in [1.82, 2.24) is 40.0 Å². The van der Waals surface area contributed by atoms with Gasteiger partial charge < -0.3 is 19.9 Å². The van der Waals surface area contributed by atoms with Gasteiger partial charge in [-0.2, -0.15) is 5.10 Å². The van der Waals surface area contributed by atoms with Gasteiger partial charge in [-0.05, 0) is 62.1 Å². The summed E-state index contributed by atoms with van der Waals surface area (Å²) in [5.74, 6) is 0.284. The number of hydrogen-bond donors (Lipinski definition) is 3. The molecule has 5 heterocycles. The molecule has 0 aliphatic carbocycles. The molecule has 0 spiro atoms. The minimum absolute atomic E-state index is 0.232. The van der Waals surface area contributed by atoms with Gasteiger partial charge in [0.2, 0.25) is 0 Å². The lowest BCUT2D eigenvalue weighted by atomic mass is 10.1. The minimum atomic E-state index is -0.408. The Balaban J connectivity index is 1.21. The minimum Gasteiger partial charge on any atom is -0.492 e. The smallest absolute Gasteiger partial charge is 0.255 e. The van der Waals surface area contributed by atoms with E-state index in [0.29, 0.717) is 80.7 Å². The third kappa shape index (κ3) is 5.88. The zero-order valence-electron chi connectivity index (χ0n) is 25.0. The van der Waals surface area contributed by atoms with Crippen molar-refractivity contribution in [3.63, 3.8) is 0 Å². The van der Waals surface area contributed by atoms with Crippen LogP contribution in [0.25, 0.3) is 56.0 Å². The Morgan fingerprint density at radius 2 is 1.85 bits per heavy atom. The largest absolute Gasteiger partial charge is 0.492 e. The normalized spacial score (nSPS) is 11.4. The maximum absolute atomic E-state index is 14.7. The van der Waals surface area contributed by atoms with Crippen LogP contribution in [0.3, 0.4) is 0 Å². The van der Waals surface area contributed by atoms with Gasteiger partial charge in [-0.15, -0.1) is 0 Å². The van der Waals surface area contributed by atoms with Crippen LogP contribution in [0.2, 0.25) is 0 Å². The van der Waals surface area contributed by atoms with Crippen molar-refractivity contribution >= 4 is 33.7 Å². The second-order valence-electron chi connectivity index (χ2n) is 10.9. The zero-order chi connectivity index (χ0) is 31.6. The van der Waals surface area contributed by atoms with Crippen molar-refractivity contribution in [2.24, 2.45) is 0 Å². The van der Waals surface area contributed by atoms with E-state index in [1.54, 1.807) is 49.1 Å². The maximum atomic E-state index is 14.7. The number of halogens is 1. The number of likely N-dealkylation sites (N-methyl/N-ethyl adjacent to an activating group) is 1. The number of aromatic nitrogens is 7. The molecule has 12 heteroatoms. The molecule has 5 aromatic heterocycles. The van der Waals surface area contributed by atoms with Crippen molar-refractivity contribution < 1.29 is 13.9 Å². The molecule has 7 rings (SSSR count). The fourth-order valence-electron chi connectivity index (χ4n) is 5.10. The molecule has 0 unspecified atom stereocenters. The number of imidazole rings is 1. The lowest BCUT2D eigenvalue weighted by Crippen LogP contribution is -2.19. The number of fused-ring (bicyclic) bond motifs is 2. The van der Waals surface area contributed by atoms with Gasteiger partial charge in [0.1, 0.15) is 29.4 Å². The Kier molecular flexibility index (Phi) is 7.61. The van der Waals surface area contributed by atoms with E-state index >= 15 is 0 Å². The molecule has 0 aliphatic rings.